The number of amides is 2. The van der Waals surface area contributed by atoms with Crippen LogP contribution in [0.15, 0.2) is 42.6 Å². The summed E-state index contributed by atoms with van der Waals surface area (Å²) in [7, 11) is 0. The molecule has 1 aliphatic heterocycles. The van der Waals surface area contributed by atoms with Crippen LogP contribution in [-0.4, -0.2) is 28.9 Å². The molecule has 0 saturated carbocycles. The number of anilines is 1. The van der Waals surface area contributed by atoms with Gasteiger partial charge >= 0.3 is 0 Å². The molecule has 1 aromatic heterocycles. The van der Waals surface area contributed by atoms with E-state index in [1.807, 2.05) is 45.0 Å². The third-order valence-electron chi connectivity index (χ3n) is 4.66. The first-order valence-corrected chi connectivity index (χ1v) is 8.69. The molecule has 2 amide bonds. The van der Waals surface area contributed by atoms with Crippen LogP contribution in [0.5, 0.6) is 0 Å². The molecule has 2 unspecified atom stereocenters. The summed E-state index contributed by atoms with van der Waals surface area (Å²) in [6.45, 7) is 5.99. The Labute approximate surface area is 148 Å². The molecule has 25 heavy (non-hydrogen) atoms. The van der Waals surface area contributed by atoms with E-state index >= 15 is 0 Å². The van der Waals surface area contributed by atoms with Gasteiger partial charge in [-0.1, -0.05) is 25.1 Å². The van der Waals surface area contributed by atoms with Crippen molar-refractivity contribution in [1.29, 1.82) is 0 Å². The maximum absolute atomic E-state index is 13.0. The summed E-state index contributed by atoms with van der Waals surface area (Å²) in [5.74, 6) is -0.351. The van der Waals surface area contributed by atoms with Crippen molar-refractivity contribution in [1.82, 2.24) is 10.3 Å². The Morgan fingerprint density at radius 2 is 2.08 bits per heavy atom. The molecule has 0 saturated heterocycles. The molecule has 2 heterocycles. The highest BCUT2D eigenvalue weighted by atomic mass is 16.2. The van der Waals surface area contributed by atoms with Gasteiger partial charge in [-0.05, 0) is 50.5 Å². The third kappa shape index (κ3) is 3.40. The first-order valence-electron chi connectivity index (χ1n) is 8.69. The predicted octanol–water partition coefficient (Wildman–Crippen LogP) is 3.20. The number of para-hydroxylation sites is 1. The van der Waals surface area contributed by atoms with Crippen LogP contribution in [-0.2, 0) is 6.42 Å². The zero-order chi connectivity index (χ0) is 18.0. The number of aromatic nitrogens is 1. The molecular weight excluding hydrogens is 314 g/mol. The molecular formula is C20H23N3O2. The molecule has 5 nitrogen and oxygen atoms in total. The Balaban J connectivity index is 1.86. The van der Waals surface area contributed by atoms with Gasteiger partial charge in [0, 0.05) is 29.5 Å². The summed E-state index contributed by atoms with van der Waals surface area (Å²) < 4.78 is 0. The largest absolute Gasteiger partial charge is 0.350 e. The number of hydrogen-bond donors (Lipinski definition) is 1. The highest BCUT2D eigenvalue weighted by Gasteiger charge is 2.32. The quantitative estimate of drug-likeness (QED) is 0.932. The van der Waals surface area contributed by atoms with Crippen LogP contribution in [0.1, 0.15) is 53.6 Å². The molecule has 130 valence electrons. The maximum atomic E-state index is 13.0. The standard InChI is InChI=1S/C20H23N3O2/c1-4-13(2)22-19(24)16-9-10-21-17(12-16)20(25)23-14(3)11-15-7-5-6-8-18(15)23/h5-10,12-14H,4,11H2,1-3H3,(H,22,24). The van der Waals surface area contributed by atoms with Gasteiger partial charge in [0.1, 0.15) is 5.69 Å². The minimum absolute atomic E-state index is 0.0734. The average Bonchev–Trinajstić information content (AvgIpc) is 2.96. The van der Waals surface area contributed by atoms with E-state index < -0.39 is 0 Å². The number of carbonyl (C=O) groups is 2. The average molecular weight is 337 g/mol. The highest BCUT2D eigenvalue weighted by molar-refractivity contribution is 6.07. The Kier molecular flexibility index (Phi) is 4.83. The van der Waals surface area contributed by atoms with Gasteiger partial charge in [-0.3, -0.25) is 14.6 Å². The van der Waals surface area contributed by atoms with Crippen LogP contribution < -0.4 is 10.2 Å². The van der Waals surface area contributed by atoms with Crippen LogP contribution in [0.3, 0.4) is 0 Å². The normalized spacial score (nSPS) is 17.1. The van der Waals surface area contributed by atoms with Crippen molar-refractivity contribution >= 4 is 17.5 Å². The number of hydrogen-bond acceptors (Lipinski definition) is 3. The molecule has 2 aromatic rings. The maximum Gasteiger partial charge on any atom is 0.277 e. The van der Waals surface area contributed by atoms with Crippen molar-refractivity contribution in [3.63, 3.8) is 0 Å². The van der Waals surface area contributed by atoms with Gasteiger partial charge in [0.2, 0.25) is 0 Å². The first kappa shape index (κ1) is 17.1. The fourth-order valence-corrected chi connectivity index (χ4v) is 3.10. The number of nitrogens with zero attached hydrogens (tertiary/aromatic N) is 2. The van der Waals surface area contributed by atoms with E-state index in [1.54, 1.807) is 17.0 Å². The van der Waals surface area contributed by atoms with E-state index in [0.29, 0.717) is 11.3 Å². The highest BCUT2D eigenvalue weighted by Crippen LogP contribution is 2.32. The Hall–Kier alpha value is -2.69. The van der Waals surface area contributed by atoms with E-state index in [-0.39, 0.29) is 23.9 Å². The monoisotopic (exact) mass is 337 g/mol. The summed E-state index contributed by atoms with van der Waals surface area (Å²) >= 11 is 0. The molecule has 5 heteroatoms. The van der Waals surface area contributed by atoms with Gasteiger partial charge in [0.15, 0.2) is 0 Å². The van der Waals surface area contributed by atoms with Gasteiger partial charge in [0.25, 0.3) is 11.8 Å². The second-order valence-corrected chi connectivity index (χ2v) is 6.57. The Morgan fingerprint density at radius 1 is 1.32 bits per heavy atom. The molecule has 3 rings (SSSR count). The van der Waals surface area contributed by atoms with Crippen LogP contribution in [0, 0.1) is 0 Å². The lowest BCUT2D eigenvalue weighted by Crippen LogP contribution is -2.36. The number of nitrogens with one attached hydrogen (secondary N) is 1. The van der Waals surface area contributed by atoms with Gasteiger partial charge in [-0.25, -0.2) is 0 Å². The van der Waals surface area contributed by atoms with Crippen LogP contribution in [0.2, 0.25) is 0 Å². The Bertz CT molecular complexity index is 803. The molecule has 2 atom stereocenters. The first-order chi connectivity index (χ1) is 12.0. The zero-order valence-electron chi connectivity index (χ0n) is 14.8. The van der Waals surface area contributed by atoms with Gasteiger partial charge < -0.3 is 10.2 Å². The van der Waals surface area contributed by atoms with Crippen molar-refractivity contribution in [2.45, 2.75) is 45.7 Å². The lowest BCUT2D eigenvalue weighted by atomic mass is 10.1. The van der Waals surface area contributed by atoms with Crippen LogP contribution in [0.4, 0.5) is 5.69 Å². The second-order valence-electron chi connectivity index (χ2n) is 6.57. The lowest BCUT2D eigenvalue weighted by molar-refractivity contribution is 0.0939. The van der Waals surface area contributed by atoms with E-state index in [0.717, 1.165) is 24.1 Å². The topological polar surface area (TPSA) is 62.3 Å². The van der Waals surface area contributed by atoms with Crippen LogP contribution >= 0.6 is 0 Å². The minimum Gasteiger partial charge on any atom is -0.350 e. The summed E-state index contributed by atoms with van der Waals surface area (Å²) in [6.07, 6.45) is 3.20. The summed E-state index contributed by atoms with van der Waals surface area (Å²) in [5.41, 5.74) is 2.84. The molecule has 1 aliphatic rings. The van der Waals surface area contributed by atoms with E-state index in [9.17, 15) is 9.59 Å². The molecule has 1 N–H and O–H groups in total. The number of rotatable bonds is 4. The van der Waals surface area contributed by atoms with Gasteiger partial charge in [0.05, 0.1) is 0 Å². The van der Waals surface area contributed by atoms with Crippen molar-refractivity contribution in [2.24, 2.45) is 0 Å². The fraction of sp³-hybridized carbons (Fsp3) is 0.350. The van der Waals surface area contributed by atoms with Gasteiger partial charge in [-0.2, -0.15) is 0 Å². The van der Waals surface area contributed by atoms with Crippen molar-refractivity contribution in [3.05, 3.63) is 59.4 Å². The van der Waals surface area contributed by atoms with E-state index in [1.165, 1.54) is 6.20 Å². The van der Waals surface area contributed by atoms with Crippen molar-refractivity contribution in [3.8, 4) is 0 Å². The minimum atomic E-state index is -0.180. The van der Waals surface area contributed by atoms with E-state index in [4.69, 9.17) is 0 Å². The molecule has 0 aliphatic carbocycles. The summed E-state index contributed by atoms with van der Waals surface area (Å²) in [5, 5.41) is 2.91. The molecule has 0 spiro atoms. The SMILES string of the molecule is CCC(C)NC(=O)c1ccnc(C(=O)N2c3ccccc3CC2C)c1. The summed E-state index contributed by atoms with van der Waals surface area (Å²) in [4.78, 5) is 31.3. The number of fused-ring (bicyclic) bond motifs is 1. The predicted molar refractivity (Wildman–Crippen MR) is 97.9 cm³/mol. The van der Waals surface area contributed by atoms with Crippen molar-refractivity contribution < 1.29 is 9.59 Å². The fourth-order valence-electron chi connectivity index (χ4n) is 3.10. The van der Waals surface area contributed by atoms with Crippen LogP contribution in [0.25, 0.3) is 0 Å². The molecule has 0 fully saturated rings. The number of pyridine rings is 1. The zero-order valence-corrected chi connectivity index (χ0v) is 14.8. The van der Waals surface area contributed by atoms with Gasteiger partial charge in [-0.15, -0.1) is 0 Å². The third-order valence-corrected chi connectivity index (χ3v) is 4.66. The van der Waals surface area contributed by atoms with Crippen molar-refractivity contribution in [2.75, 3.05) is 4.90 Å². The van der Waals surface area contributed by atoms with E-state index in [2.05, 4.69) is 10.3 Å². The molecule has 0 radical (unpaired) electrons. The lowest BCUT2D eigenvalue weighted by Gasteiger charge is -2.22. The number of carbonyl (C=O) groups excluding carboxylic acids is 2. The Morgan fingerprint density at radius 3 is 2.84 bits per heavy atom. The smallest absolute Gasteiger partial charge is 0.277 e. The second kappa shape index (κ2) is 7.05. The summed E-state index contributed by atoms with van der Waals surface area (Å²) in [6, 6.07) is 11.3. The number of benzene rings is 1. The molecule has 1 aromatic carbocycles. The molecule has 0 bridgehead atoms.